The van der Waals surface area contributed by atoms with Crippen LogP contribution < -0.4 is 5.32 Å². The van der Waals surface area contributed by atoms with Crippen molar-refractivity contribution in [1.29, 1.82) is 0 Å². The summed E-state index contributed by atoms with van der Waals surface area (Å²) in [6.07, 6.45) is -4.46. The van der Waals surface area contributed by atoms with Crippen LogP contribution in [0.1, 0.15) is 17.4 Å². The molecule has 0 saturated carbocycles. The van der Waals surface area contributed by atoms with Crippen molar-refractivity contribution >= 4 is 11.7 Å². The minimum absolute atomic E-state index is 0.0902. The van der Waals surface area contributed by atoms with Crippen molar-refractivity contribution in [2.45, 2.75) is 12.1 Å². The van der Waals surface area contributed by atoms with Gasteiger partial charge in [0.05, 0.1) is 11.5 Å². The number of carbonyl (C=O) groups is 1. The van der Waals surface area contributed by atoms with Crippen LogP contribution in [0, 0.1) is 0 Å². The number of urea groups is 1. The average molecular weight is 388 g/mol. The van der Waals surface area contributed by atoms with E-state index in [4.69, 9.17) is 4.52 Å². The minimum atomic E-state index is -4.46. The summed E-state index contributed by atoms with van der Waals surface area (Å²) in [4.78, 5) is 18.1. The molecule has 1 aliphatic heterocycles. The maximum absolute atomic E-state index is 12.8. The molecule has 1 N–H and O–H groups in total. The van der Waals surface area contributed by atoms with E-state index in [1.165, 1.54) is 17.0 Å². The Bertz CT molecular complexity index is 982. The number of rotatable bonds is 3. The van der Waals surface area contributed by atoms with Crippen molar-refractivity contribution in [3.05, 3.63) is 66.1 Å². The minimum Gasteiger partial charge on any atom is -0.339 e. The number of alkyl halides is 3. The molecule has 2 amide bonds. The van der Waals surface area contributed by atoms with Crippen molar-refractivity contribution < 1.29 is 22.5 Å². The first-order valence-corrected chi connectivity index (χ1v) is 8.52. The zero-order valence-electron chi connectivity index (χ0n) is 14.5. The fourth-order valence-electron chi connectivity index (χ4n) is 2.88. The maximum atomic E-state index is 12.8. The van der Waals surface area contributed by atoms with Gasteiger partial charge in [0.25, 0.3) is 0 Å². The molecule has 28 heavy (non-hydrogen) atoms. The lowest BCUT2D eigenvalue weighted by molar-refractivity contribution is -0.137. The van der Waals surface area contributed by atoms with Crippen LogP contribution in [0.2, 0.25) is 0 Å². The van der Waals surface area contributed by atoms with Crippen molar-refractivity contribution in [3.8, 4) is 11.4 Å². The topological polar surface area (TPSA) is 71.3 Å². The number of hydrogen-bond acceptors (Lipinski definition) is 4. The van der Waals surface area contributed by atoms with E-state index in [0.717, 1.165) is 17.7 Å². The van der Waals surface area contributed by atoms with Crippen molar-refractivity contribution in [2.75, 3.05) is 18.4 Å². The van der Waals surface area contributed by atoms with E-state index in [1.54, 1.807) is 0 Å². The Morgan fingerprint density at radius 1 is 1.11 bits per heavy atom. The van der Waals surface area contributed by atoms with Crippen molar-refractivity contribution in [3.63, 3.8) is 0 Å². The molecule has 0 aliphatic carbocycles. The van der Waals surface area contributed by atoms with Gasteiger partial charge < -0.3 is 14.7 Å². The highest BCUT2D eigenvalue weighted by atomic mass is 19.4. The number of halogens is 3. The Morgan fingerprint density at radius 2 is 1.86 bits per heavy atom. The molecule has 2 aromatic carbocycles. The molecule has 9 heteroatoms. The second kappa shape index (κ2) is 6.99. The highest BCUT2D eigenvalue weighted by molar-refractivity contribution is 5.90. The molecule has 0 unspecified atom stereocenters. The quantitative estimate of drug-likeness (QED) is 0.723. The summed E-state index contributed by atoms with van der Waals surface area (Å²) in [7, 11) is 0. The summed E-state index contributed by atoms with van der Waals surface area (Å²) in [5.41, 5.74) is 0.106. The van der Waals surface area contributed by atoms with Crippen LogP contribution in [0.5, 0.6) is 0 Å². The van der Waals surface area contributed by atoms with Gasteiger partial charge in [0, 0.05) is 24.3 Å². The normalized spacial score (nSPS) is 14.6. The Hall–Kier alpha value is -3.36. The van der Waals surface area contributed by atoms with E-state index in [9.17, 15) is 18.0 Å². The van der Waals surface area contributed by atoms with E-state index in [1.807, 2.05) is 30.3 Å². The lowest BCUT2D eigenvalue weighted by atomic mass is 10.0. The van der Waals surface area contributed by atoms with Crippen LogP contribution >= 0.6 is 0 Å². The average Bonchev–Trinajstić information content (AvgIpc) is 3.10. The number of anilines is 1. The molecule has 1 fully saturated rings. The Labute approximate surface area is 158 Å². The molecule has 0 atom stereocenters. The molecular formula is C19H15F3N4O2. The zero-order chi connectivity index (χ0) is 19.7. The first-order valence-electron chi connectivity index (χ1n) is 8.52. The summed E-state index contributed by atoms with van der Waals surface area (Å²) in [6.45, 7) is 0.697. The van der Waals surface area contributed by atoms with Crippen LogP contribution in [0.3, 0.4) is 0 Å². The lowest BCUT2D eigenvalue weighted by Gasteiger charge is -2.36. The third-order valence-corrected chi connectivity index (χ3v) is 4.43. The molecule has 0 radical (unpaired) electrons. The third kappa shape index (κ3) is 3.68. The molecule has 4 rings (SSSR count). The molecule has 3 aromatic rings. The summed E-state index contributed by atoms with van der Waals surface area (Å²) in [6, 6.07) is 13.4. The van der Waals surface area contributed by atoms with Crippen LogP contribution in [0.25, 0.3) is 11.4 Å². The van der Waals surface area contributed by atoms with Crippen LogP contribution in [0.4, 0.5) is 23.7 Å². The molecule has 6 nitrogen and oxygen atoms in total. The van der Waals surface area contributed by atoms with Crippen LogP contribution in [-0.4, -0.2) is 34.2 Å². The Kier molecular flexibility index (Phi) is 4.50. The van der Waals surface area contributed by atoms with E-state index >= 15 is 0 Å². The van der Waals surface area contributed by atoms with Crippen LogP contribution in [-0.2, 0) is 6.18 Å². The first-order chi connectivity index (χ1) is 13.4. The number of carbonyl (C=O) groups excluding carboxylic acids is 1. The largest absolute Gasteiger partial charge is 0.416 e. The monoisotopic (exact) mass is 388 g/mol. The maximum Gasteiger partial charge on any atom is 0.416 e. The van der Waals surface area contributed by atoms with E-state index in [0.29, 0.717) is 24.8 Å². The predicted molar refractivity (Wildman–Crippen MR) is 94.5 cm³/mol. The molecule has 1 saturated heterocycles. The number of likely N-dealkylation sites (tertiary alicyclic amines) is 1. The fraction of sp³-hybridized carbons (Fsp3) is 0.211. The Balaban J connectivity index is 1.35. The van der Waals surface area contributed by atoms with E-state index in [-0.39, 0.29) is 11.6 Å². The van der Waals surface area contributed by atoms with Crippen molar-refractivity contribution in [2.24, 2.45) is 0 Å². The second-order valence-electron chi connectivity index (χ2n) is 6.43. The fourth-order valence-corrected chi connectivity index (χ4v) is 2.88. The standard InChI is InChI=1S/C19H15F3N4O2/c20-19(21,22)14-7-4-8-15(9-14)23-18(27)26-10-13(11-26)17-24-16(25-28-17)12-5-2-1-3-6-12/h1-9,13H,10-11H2,(H,23,27). The smallest absolute Gasteiger partial charge is 0.339 e. The molecule has 144 valence electrons. The highest BCUT2D eigenvalue weighted by Gasteiger charge is 2.36. The van der Waals surface area contributed by atoms with Gasteiger partial charge in [-0.05, 0) is 18.2 Å². The Morgan fingerprint density at radius 3 is 2.57 bits per heavy atom. The van der Waals surface area contributed by atoms with Gasteiger partial charge in [-0.2, -0.15) is 18.2 Å². The van der Waals surface area contributed by atoms with Gasteiger partial charge in [-0.1, -0.05) is 41.6 Å². The van der Waals surface area contributed by atoms with Gasteiger partial charge in [0.1, 0.15) is 0 Å². The SMILES string of the molecule is O=C(Nc1cccc(C(F)(F)F)c1)N1CC(c2nc(-c3ccccc3)no2)C1. The van der Waals surface area contributed by atoms with E-state index in [2.05, 4.69) is 15.5 Å². The molecule has 2 heterocycles. The molecule has 1 aliphatic rings. The molecule has 1 aromatic heterocycles. The van der Waals surface area contributed by atoms with Gasteiger partial charge in [0.15, 0.2) is 0 Å². The summed E-state index contributed by atoms with van der Waals surface area (Å²) >= 11 is 0. The van der Waals surface area contributed by atoms with Gasteiger partial charge in [-0.15, -0.1) is 0 Å². The van der Waals surface area contributed by atoms with Gasteiger partial charge in [0.2, 0.25) is 11.7 Å². The van der Waals surface area contributed by atoms with Crippen LogP contribution in [0.15, 0.2) is 59.1 Å². The van der Waals surface area contributed by atoms with Gasteiger partial charge in [-0.25, -0.2) is 4.79 Å². The summed E-state index contributed by atoms with van der Waals surface area (Å²) < 4.78 is 43.6. The molecule has 0 bridgehead atoms. The number of nitrogens with one attached hydrogen (secondary N) is 1. The van der Waals surface area contributed by atoms with Crippen molar-refractivity contribution in [1.82, 2.24) is 15.0 Å². The number of benzene rings is 2. The third-order valence-electron chi connectivity index (χ3n) is 4.43. The lowest BCUT2D eigenvalue weighted by Crippen LogP contribution is -2.50. The zero-order valence-corrected chi connectivity index (χ0v) is 14.5. The molecule has 0 spiro atoms. The van der Waals surface area contributed by atoms with Gasteiger partial charge in [-0.3, -0.25) is 0 Å². The first kappa shape index (κ1) is 18.0. The van der Waals surface area contributed by atoms with Gasteiger partial charge >= 0.3 is 12.2 Å². The summed E-state index contributed by atoms with van der Waals surface area (Å²) in [5, 5.41) is 6.43. The number of aromatic nitrogens is 2. The van der Waals surface area contributed by atoms with E-state index < -0.39 is 17.8 Å². The summed E-state index contributed by atoms with van der Waals surface area (Å²) in [5.74, 6) is 0.807. The predicted octanol–water partition coefficient (Wildman–Crippen LogP) is 4.39. The number of amides is 2. The highest BCUT2D eigenvalue weighted by Crippen LogP contribution is 2.31. The molecular weight excluding hydrogens is 373 g/mol. The number of hydrogen-bond donors (Lipinski definition) is 1. The second-order valence-corrected chi connectivity index (χ2v) is 6.43. The number of nitrogens with zero attached hydrogens (tertiary/aromatic N) is 3.